The quantitative estimate of drug-likeness (QED) is 0.296. The van der Waals surface area contributed by atoms with Gasteiger partial charge in [0.25, 0.3) is 0 Å². The summed E-state index contributed by atoms with van der Waals surface area (Å²) >= 11 is 0. The Hall–Kier alpha value is -0.610. The van der Waals surface area contributed by atoms with Crippen LogP contribution in [0.4, 0.5) is 0 Å². The largest absolute Gasteiger partial charge is 0.455 e. The molecule has 0 saturated heterocycles. The molecule has 0 heterocycles. The molecule has 0 aliphatic heterocycles. The lowest BCUT2D eigenvalue weighted by Gasteiger charge is -2.27. The summed E-state index contributed by atoms with van der Waals surface area (Å²) in [5.74, 6) is -0.601. The van der Waals surface area contributed by atoms with Gasteiger partial charge in [0.15, 0.2) is 0 Å². The molecular formula is C21H42O4. The van der Waals surface area contributed by atoms with Crippen LogP contribution in [0.25, 0.3) is 0 Å². The van der Waals surface area contributed by atoms with Crippen molar-refractivity contribution in [1.29, 1.82) is 0 Å². The molecule has 4 nitrogen and oxygen atoms in total. The van der Waals surface area contributed by atoms with Gasteiger partial charge in [-0.15, -0.1) is 0 Å². The molecule has 150 valence electrons. The number of carbonyl (C=O) groups is 1. The SMILES string of the molecule is CCCCCCCCCCCCC(C)OCC(C)(C)OC(=O)C(C)O. The van der Waals surface area contributed by atoms with E-state index in [1.807, 2.05) is 0 Å². The van der Waals surface area contributed by atoms with Crippen LogP contribution >= 0.6 is 0 Å². The van der Waals surface area contributed by atoms with Crippen LogP contribution < -0.4 is 0 Å². The summed E-state index contributed by atoms with van der Waals surface area (Å²) in [5, 5.41) is 9.20. The predicted molar refractivity (Wildman–Crippen MR) is 104 cm³/mol. The van der Waals surface area contributed by atoms with E-state index in [1.165, 1.54) is 71.1 Å². The maximum absolute atomic E-state index is 11.4. The van der Waals surface area contributed by atoms with Gasteiger partial charge >= 0.3 is 5.97 Å². The van der Waals surface area contributed by atoms with Crippen LogP contribution in [-0.4, -0.2) is 35.5 Å². The lowest BCUT2D eigenvalue weighted by molar-refractivity contribution is -0.172. The molecule has 0 spiro atoms. The smallest absolute Gasteiger partial charge is 0.335 e. The predicted octanol–water partition coefficient (Wildman–Crippen LogP) is 5.41. The zero-order valence-electron chi connectivity index (χ0n) is 17.3. The van der Waals surface area contributed by atoms with Crippen molar-refractivity contribution >= 4 is 5.97 Å². The fraction of sp³-hybridized carbons (Fsp3) is 0.952. The Morgan fingerprint density at radius 3 is 1.88 bits per heavy atom. The number of unbranched alkanes of at least 4 members (excludes halogenated alkanes) is 9. The topological polar surface area (TPSA) is 55.8 Å². The summed E-state index contributed by atoms with van der Waals surface area (Å²) in [5.41, 5.74) is -0.708. The van der Waals surface area contributed by atoms with Crippen molar-refractivity contribution in [3.8, 4) is 0 Å². The van der Waals surface area contributed by atoms with E-state index < -0.39 is 17.7 Å². The second-order valence-corrected chi connectivity index (χ2v) is 7.95. The van der Waals surface area contributed by atoms with Crippen molar-refractivity contribution < 1.29 is 19.4 Å². The highest BCUT2D eigenvalue weighted by Crippen LogP contribution is 2.16. The Kier molecular flexibility index (Phi) is 14.2. The molecule has 0 radical (unpaired) electrons. The van der Waals surface area contributed by atoms with Crippen molar-refractivity contribution in [2.45, 2.75) is 123 Å². The highest BCUT2D eigenvalue weighted by molar-refractivity contribution is 5.74. The van der Waals surface area contributed by atoms with Gasteiger partial charge in [-0.05, 0) is 34.1 Å². The van der Waals surface area contributed by atoms with Crippen molar-refractivity contribution in [3.63, 3.8) is 0 Å². The number of rotatable bonds is 16. The minimum atomic E-state index is -1.09. The third-order valence-electron chi connectivity index (χ3n) is 4.40. The van der Waals surface area contributed by atoms with Crippen molar-refractivity contribution in [2.75, 3.05) is 6.61 Å². The lowest BCUT2D eigenvalue weighted by atomic mass is 10.0. The zero-order chi connectivity index (χ0) is 19.1. The number of ether oxygens (including phenoxy) is 2. The van der Waals surface area contributed by atoms with Gasteiger partial charge in [0.05, 0.1) is 12.7 Å². The van der Waals surface area contributed by atoms with E-state index in [0.29, 0.717) is 6.61 Å². The second-order valence-electron chi connectivity index (χ2n) is 7.95. The van der Waals surface area contributed by atoms with Gasteiger partial charge in [0.1, 0.15) is 11.7 Å². The standard InChI is InChI=1S/C21H42O4/c1-6-7-8-9-10-11-12-13-14-15-16-18(2)24-17-21(4,5)25-20(23)19(3)22/h18-19,22H,6-17H2,1-5H3. The molecule has 0 aromatic heterocycles. The molecule has 2 atom stereocenters. The van der Waals surface area contributed by atoms with Gasteiger partial charge in [0.2, 0.25) is 0 Å². The minimum absolute atomic E-state index is 0.165. The molecule has 0 saturated carbocycles. The molecule has 0 fully saturated rings. The molecule has 0 aliphatic rings. The Balaban J connectivity index is 3.58. The number of esters is 1. The van der Waals surface area contributed by atoms with E-state index in [9.17, 15) is 9.90 Å². The first-order chi connectivity index (χ1) is 11.8. The normalized spacial score (nSPS) is 14.3. The van der Waals surface area contributed by atoms with Crippen LogP contribution in [0.15, 0.2) is 0 Å². The van der Waals surface area contributed by atoms with Crippen LogP contribution in [0.5, 0.6) is 0 Å². The molecule has 0 aromatic rings. The van der Waals surface area contributed by atoms with E-state index in [2.05, 4.69) is 13.8 Å². The van der Waals surface area contributed by atoms with E-state index in [-0.39, 0.29) is 6.10 Å². The third-order valence-corrected chi connectivity index (χ3v) is 4.40. The highest BCUT2D eigenvalue weighted by atomic mass is 16.6. The number of carbonyl (C=O) groups excluding carboxylic acids is 1. The summed E-state index contributed by atoms with van der Waals surface area (Å²) < 4.78 is 11.1. The number of hydrogen-bond donors (Lipinski definition) is 1. The molecule has 4 heteroatoms. The van der Waals surface area contributed by atoms with Crippen LogP contribution in [0, 0.1) is 0 Å². The Morgan fingerprint density at radius 2 is 1.40 bits per heavy atom. The molecule has 0 bridgehead atoms. The summed E-state index contributed by atoms with van der Waals surface area (Å²) in [7, 11) is 0. The van der Waals surface area contributed by atoms with Gasteiger partial charge in [-0.2, -0.15) is 0 Å². The number of aliphatic hydroxyl groups excluding tert-OH is 1. The van der Waals surface area contributed by atoms with Crippen LogP contribution in [0.1, 0.15) is 105 Å². The second kappa shape index (κ2) is 14.5. The Bertz CT molecular complexity index is 326. The van der Waals surface area contributed by atoms with Gasteiger partial charge in [0, 0.05) is 0 Å². The van der Waals surface area contributed by atoms with Gasteiger partial charge < -0.3 is 14.6 Å². The minimum Gasteiger partial charge on any atom is -0.455 e. The maximum Gasteiger partial charge on any atom is 0.335 e. The molecule has 0 aromatic carbocycles. The van der Waals surface area contributed by atoms with Crippen molar-refractivity contribution in [3.05, 3.63) is 0 Å². The first-order valence-electron chi connectivity index (χ1n) is 10.3. The van der Waals surface area contributed by atoms with E-state index >= 15 is 0 Å². The zero-order valence-corrected chi connectivity index (χ0v) is 17.3. The number of hydrogen-bond acceptors (Lipinski definition) is 4. The highest BCUT2D eigenvalue weighted by Gasteiger charge is 2.26. The van der Waals surface area contributed by atoms with E-state index in [0.717, 1.165) is 6.42 Å². The first-order valence-corrected chi connectivity index (χ1v) is 10.3. The summed E-state index contributed by atoms with van der Waals surface area (Å²) in [6.07, 6.45) is 13.5. The maximum atomic E-state index is 11.4. The van der Waals surface area contributed by atoms with Gasteiger partial charge in [-0.3, -0.25) is 0 Å². The molecular weight excluding hydrogens is 316 g/mol. The fourth-order valence-corrected chi connectivity index (χ4v) is 2.73. The summed E-state index contributed by atoms with van der Waals surface area (Å²) in [6, 6.07) is 0. The Morgan fingerprint density at radius 1 is 0.920 bits per heavy atom. The summed E-state index contributed by atoms with van der Waals surface area (Å²) in [6.45, 7) is 9.70. The number of aliphatic hydroxyl groups is 1. The average Bonchev–Trinajstić information content (AvgIpc) is 2.54. The molecule has 1 N–H and O–H groups in total. The van der Waals surface area contributed by atoms with Crippen molar-refractivity contribution in [1.82, 2.24) is 0 Å². The monoisotopic (exact) mass is 358 g/mol. The van der Waals surface area contributed by atoms with E-state index in [4.69, 9.17) is 9.47 Å². The van der Waals surface area contributed by atoms with Crippen molar-refractivity contribution in [2.24, 2.45) is 0 Å². The molecule has 25 heavy (non-hydrogen) atoms. The molecule has 0 rings (SSSR count). The van der Waals surface area contributed by atoms with E-state index in [1.54, 1.807) is 13.8 Å². The average molecular weight is 359 g/mol. The van der Waals surface area contributed by atoms with Crippen LogP contribution in [0.2, 0.25) is 0 Å². The lowest BCUT2D eigenvalue weighted by Crippen LogP contribution is -2.37. The Labute approximate surface area is 155 Å². The van der Waals surface area contributed by atoms with Crippen LogP contribution in [0.3, 0.4) is 0 Å². The summed E-state index contributed by atoms with van der Waals surface area (Å²) in [4.78, 5) is 11.4. The third kappa shape index (κ3) is 15.4. The first kappa shape index (κ1) is 24.4. The molecule has 2 unspecified atom stereocenters. The van der Waals surface area contributed by atoms with Gasteiger partial charge in [-0.1, -0.05) is 71.1 Å². The van der Waals surface area contributed by atoms with Crippen LogP contribution in [-0.2, 0) is 14.3 Å². The van der Waals surface area contributed by atoms with Gasteiger partial charge in [-0.25, -0.2) is 4.79 Å². The fourth-order valence-electron chi connectivity index (χ4n) is 2.73. The molecule has 0 amide bonds. The molecule has 0 aliphatic carbocycles.